The number of rotatable bonds is 4. The van der Waals surface area contributed by atoms with E-state index in [0.29, 0.717) is 23.5 Å². The number of hydrogen-bond donors (Lipinski definition) is 1. The highest BCUT2D eigenvalue weighted by atomic mass is 35.5. The van der Waals surface area contributed by atoms with Crippen LogP contribution in [0.5, 0.6) is 0 Å². The fraction of sp³-hybridized carbons (Fsp3) is 0.182. The van der Waals surface area contributed by atoms with Gasteiger partial charge in [-0.3, -0.25) is 0 Å². The lowest BCUT2D eigenvalue weighted by molar-refractivity contribution is 0.484. The van der Waals surface area contributed by atoms with Crippen LogP contribution in [-0.2, 0) is 13.1 Å². The van der Waals surface area contributed by atoms with E-state index in [0.717, 1.165) is 11.3 Å². The third-order valence-electron chi connectivity index (χ3n) is 2.05. The highest BCUT2D eigenvalue weighted by molar-refractivity contribution is 6.29. The molecule has 92 valence electrons. The summed E-state index contributed by atoms with van der Waals surface area (Å²) in [6, 6.07) is 7.26. The third kappa shape index (κ3) is 4.56. The molecule has 0 radical (unpaired) electrons. The number of aromatic nitrogens is 1. The Morgan fingerprint density at radius 1 is 1.12 bits per heavy atom. The van der Waals surface area contributed by atoms with Gasteiger partial charge in [-0.25, -0.2) is 4.98 Å². The van der Waals surface area contributed by atoms with Crippen molar-refractivity contribution in [3.63, 3.8) is 0 Å². The molecule has 17 heavy (non-hydrogen) atoms. The Bertz CT molecular complexity index is 456. The molecule has 2 rings (SSSR count). The Balaban J connectivity index is 0.00000144. The SMILES string of the molecule is Cl.Clc1ccc(CNCc2ccc(Cl)o2)cn1. The Hall–Kier alpha value is -0.740. The van der Waals surface area contributed by atoms with E-state index in [9.17, 15) is 0 Å². The molecule has 0 bridgehead atoms. The van der Waals surface area contributed by atoms with Crippen LogP contribution >= 0.6 is 35.6 Å². The van der Waals surface area contributed by atoms with Gasteiger partial charge in [0, 0.05) is 12.7 Å². The molecule has 2 aromatic heterocycles. The molecule has 0 spiro atoms. The summed E-state index contributed by atoms with van der Waals surface area (Å²) in [4.78, 5) is 3.99. The first-order valence-corrected chi connectivity index (χ1v) is 5.55. The number of pyridine rings is 1. The van der Waals surface area contributed by atoms with Gasteiger partial charge in [-0.15, -0.1) is 12.4 Å². The summed E-state index contributed by atoms with van der Waals surface area (Å²) in [5.74, 6) is 0.812. The molecule has 2 aromatic rings. The normalized spacial score (nSPS) is 10.0. The number of nitrogens with one attached hydrogen (secondary N) is 1. The second-order valence-electron chi connectivity index (χ2n) is 3.30. The zero-order valence-corrected chi connectivity index (χ0v) is 11.1. The van der Waals surface area contributed by atoms with Gasteiger partial charge in [0.15, 0.2) is 5.22 Å². The average molecular weight is 294 g/mol. The van der Waals surface area contributed by atoms with Crippen LogP contribution in [0.15, 0.2) is 34.9 Å². The van der Waals surface area contributed by atoms with Crippen molar-refractivity contribution in [1.82, 2.24) is 10.3 Å². The quantitative estimate of drug-likeness (QED) is 0.874. The van der Waals surface area contributed by atoms with Gasteiger partial charge < -0.3 is 9.73 Å². The molecular weight excluding hydrogens is 282 g/mol. The molecular formula is C11H11Cl3N2O. The number of halogens is 3. The molecule has 0 aliphatic heterocycles. The maximum Gasteiger partial charge on any atom is 0.193 e. The van der Waals surface area contributed by atoms with Crippen LogP contribution in [0.25, 0.3) is 0 Å². The smallest absolute Gasteiger partial charge is 0.193 e. The van der Waals surface area contributed by atoms with Crippen molar-refractivity contribution in [1.29, 1.82) is 0 Å². The first-order chi connectivity index (χ1) is 7.74. The summed E-state index contributed by atoms with van der Waals surface area (Å²) in [5.41, 5.74) is 1.07. The molecule has 0 saturated heterocycles. The predicted octanol–water partition coefficient (Wildman–Crippen LogP) is 3.69. The number of hydrogen-bond acceptors (Lipinski definition) is 3. The van der Waals surface area contributed by atoms with Crippen molar-refractivity contribution in [2.24, 2.45) is 0 Å². The molecule has 6 heteroatoms. The fourth-order valence-corrected chi connectivity index (χ4v) is 1.56. The van der Waals surface area contributed by atoms with Gasteiger partial charge in [-0.2, -0.15) is 0 Å². The summed E-state index contributed by atoms with van der Waals surface area (Å²) in [7, 11) is 0. The van der Waals surface area contributed by atoms with Gasteiger partial charge in [-0.1, -0.05) is 17.7 Å². The van der Waals surface area contributed by atoms with Crippen LogP contribution in [0, 0.1) is 0 Å². The second-order valence-corrected chi connectivity index (χ2v) is 4.06. The monoisotopic (exact) mass is 292 g/mol. The van der Waals surface area contributed by atoms with Crippen LogP contribution in [-0.4, -0.2) is 4.98 Å². The minimum Gasteiger partial charge on any atom is -0.448 e. The minimum absolute atomic E-state index is 0. The van der Waals surface area contributed by atoms with E-state index >= 15 is 0 Å². The van der Waals surface area contributed by atoms with Crippen LogP contribution in [0.3, 0.4) is 0 Å². The zero-order chi connectivity index (χ0) is 11.4. The minimum atomic E-state index is 0. The van der Waals surface area contributed by atoms with Gasteiger partial charge >= 0.3 is 0 Å². The molecule has 0 amide bonds. The van der Waals surface area contributed by atoms with Crippen LogP contribution in [0.2, 0.25) is 10.4 Å². The summed E-state index contributed by atoms with van der Waals surface area (Å²) < 4.78 is 5.21. The van der Waals surface area contributed by atoms with Gasteiger partial charge in [0.05, 0.1) is 6.54 Å². The summed E-state index contributed by atoms with van der Waals surface area (Å²) in [5, 5.41) is 4.12. The molecule has 2 heterocycles. The van der Waals surface area contributed by atoms with Gasteiger partial charge in [0.1, 0.15) is 10.9 Å². The Labute approximate surface area is 116 Å². The molecule has 0 unspecified atom stereocenters. The lowest BCUT2D eigenvalue weighted by Gasteiger charge is -2.02. The molecule has 0 fully saturated rings. The summed E-state index contributed by atoms with van der Waals surface area (Å²) >= 11 is 11.3. The first-order valence-electron chi connectivity index (χ1n) is 4.79. The lowest BCUT2D eigenvalue weighted by Crippen LogP contribution is -2.12. The van der Waals surface area contributed by atoms with Crippen molar-refractivity contribution < 1.29 is 4.42 Å². The van der Waals surface area contributed by atoms with E-state index in [1.165, 1.54) is 0 Å². The number of furan rings is 1. The van der Waals surface area contributed by atoms with Crippen LogP contribution in [0.1, 0.15) is 11.3 Å². The highest BCUT2D eigenvalue weighted by Crippen LogP contribution is 2.12. The maximum absolute atomic E-state index is 5.68. The van der Waals surface area contributed by atoms with Crippen molar-refractivity contribution in [3.05, 3.63) is 52.2 Å². The Morgan fingerprint density at radius 2 is 1.94 bits per heavy atom. The second kappa shape index (κ2) is 6.87. The number of nitrogens with zero attached hydrogens (tertiary/aromatic N) is 1. The molecule has 0 aliphatic rings. The molecule has 0 aromatic carbocycles. The standard InChI is InChI=1S/C11H10Cl2N2O.ClH/c12-10-3-1-8(6-15-10)5-14-7-9-2-4-11(13)16-9;/h1-4,6,14H,5,7H2;1H. The summed E-state index contributed by atoms with van der Waals surface area (Å²) in [6.45, 7) is 1.35. The van der Waals surface area contributed by atoms with Crippen LogP contribution < -0.4 is 5.32 Å². The molecule has 0 aliphatic carbocycles. The van der Waals surface area contributed by atoms with Crippen molar-refractivity contribution in [2.45, 2.75) is 13.1 Å². The van der Waals surface area contributed by atoms with E-state index in [1.54, 1.807) is 18.3 Å². The third-order valence-corrected chi connectivity index (χ3v) is 2.47. The first kappa shape index (κ1) is 14.3. The molecule has 0 atom stereocenters. The van der Waals surface area contributed by atoms with Gasteiger partial charge in [0.25, 0.3) is 0 Å². The maximum atomic E-state index is 5.68. The summed E-state index contributed by atoms with van der Waals surface area (Å²) in [6.07, 6.45) is 1.74. The van der Waals surface area contributed by atoms with E-state index in [2.05, 4.69) is 10.3 Å². The van der Waals surface area contributed by atoms with E-state index in [-0.39, 0.29) is 12.4 Å². The van der Waals surface area contributed by atoms with Gasteiger partial charge in [-0.05, 0) is 35.4 Å². The fourth-order valence-electron chi connectivity index (χ4n) is 1.29. The molecule has 1 N–H and O–H groups in total. The van der Waals surface area contributed by atoms with Gasteiger partial charge in [0.2, 0.25) is 0 Å². The topological polar surface area (TPSA) is 38.1 Å². The van der Waals surface area contributed by atoms with E-state index in [1.807, 2.05) is 12.1 Å². The van der Waals surface area contributed by atoms with Crippen molar-refractivity contribution >= 4 is 35.6 Å². The Kier molecular flexibility index (Phi) is 5.78. The van der Waals surface area contributed by atoms with E-state index < -0.39 is 0 Å². The average Bonchev–Trinajstić information content (AvgIpc) is 2.67. The van der Waals surface area contributed by atoms with Crippen molar-refractivity contribution in [2.75, 3.05) is 0 Å². The van der Waals surface area contributed by atoms with E-state index in [4.69, 9.17) is 27.6 Å². The van der Waals surface area contributed by atoms with Crippen LogP contribution in [0.4, 0.5) is 0 Å². The highest BCUT2D eigenvalue weighted by Gasteiger charge is 1.99. The molecule has 3 nitrogen and oxygen atoms in total. The lowest BCUT2D eigenvalue weighted by atomic mass is 10.3. The van der Waals surface area contributed by atoms with Crippen molar-refractivity contribution in [3.8, 4) is 0 Å². The predicted molar refractivity (Wildman–Crippen MR) is 70.8 cm³/mol. The molecule has 0 saturated carbocycles. The largest absolute Gasteiger partial charge is 0.448 e. The Morgan fingerprint density at radius 3 is 2.53 bits per heavy atom. The zero-order valence-electron chi connectivity index (χ0n) is 8.82.